The Kier molecular flexibility index (Phi) is 8.73. The van der Waals surface area contributed by atoms with Crippen molar-refractivity contribution in [3.63, 3.8) is 0 Å². The van der Waals surface area contributed by atoms with Gasteiger partial charge in [0, 0.05) is 34.6 Å². The molecule has 0 saturated carbocycles. The van der Waals surface area contributed by atoms with Crippen molar-refractivity contribution in [2.75, 3.05) is 22.1 Å². The zero-order valence-electron chi connectivity index (χ0n) is 18.3. The van der Waals surface area contributed by atoms with Crippen LogP contribution in [-0.2, 0) is 9.59 Å². The molecule has 0 radical (unpaired) electrons. The summed E-state index contributed by atoms with van der Waals surface area (Å²) in [5.74, 6) is -0.672. The molecule has 2 aromatic carbocycles. The van der Waals surface area contributed by atoms with E-state index in [2.05, 4.69) is 20.8 Å². The Morgan fingerprint density at radius 1 is 0.829 bits per heavy atom. The smallest absolute Gasteiger partial charge is 0.274 e. The van der Waals surface area contributed by atoms with Crippen molar-refractivity contribution in [3.8, 4) is 0 Å². The average molecular weight is 535 g/mol. The Balaban J connectivity index is 1.46. The highest BCUT2D eigenvalue weighted by Gasteiger charge is 2.15. The molecular weight excluding hydrogens is 516 g/mol. The average Bonchev–Trinajstić information content (AvgIpc) is 3.26. The summed E-state index contributed by atoms with van der Waals surface area (Å²) in [5.41, 5.74) is 1.49. The number of aromatic nitrogens is 2. The van der Waals surface area contributed by atoms with Gasteiger partial charge >= 0.3 is 0 Å². The van der Waals surface area contributed by atoms with Gasteiger partial charge < -0.3 is 10.6 Å². The number of nitro groups is 2. The van der Waals surface area contributed by atoms with Gasteiger partial charge in [-0.05, 0) is 26.0 Å². The molecule has 1 heterocycles. The lowest BCUT2D eigenvalue weighted by Crippen LogP contribution is -2.14. The van der Waals surface area contributed by atoms with E-state index in [9.17, 15) is 29.8 Å². The number of hydrogen-bond donors (Lipinski definition) is 2. The number of aryl methyl sites for hydroxylation is 2. The summed E-state index contributed by atoms with van der Waals surface area (Å²) in [4.78, 5) is 45.4. The lowest BCUT2D eigenvalue weighted by atomic mass is 10.2. The summed E-state index contributed by atoms with van der Waals surface area (Å²) in [5, 5.41) is 35.3. The summed E-state index contributed by atoms with van der Waals surface area (Å²) < 4.78 is 1.04. The third-order valence-corrected chi connectivity index (χ3v) is 7.61. The zero-order valence-corrected chi connectivity index (χ0v) is 20.8. The molecule has 0 spiro atoms. The molecule has 3 rings (SSSR count). The van der Waals surface area contributed by atoms with Gasteiger partial charge in [0.05, 0.1) is 21.4 Å². The molecular formula is C20H18N6O6S3. The number of thioether (sulfide) groups is 2. The van der Waals surface area contributed by atoms with Crippen LogP contribution < -0.4 is 10.6 Å². The van der Waals surface area contributed by atoms with Crippen LogP contribution in [0.3, 0.4) is 0 Å². The van der Waals surface area contributed by atoms with Crippen molar-refractivity contribution in [1.29, 1.82) is 0 Å². The second-order valence-electron chi connectivity index (χ2n) is 7.02. The van der Waals surface area contributed by atoms with Crippen LogP contribution in [0.1, 0.15) is 11.1 Å². The third-order valence-electron chi connectivity index (χ3n) is 4.42. The molecule has 2 N–H and O–H groups in total. The topological polar surface area (TPSA) is 170 Å². The van der Waals surface area contributed by atoms with Crippen molar-refractivity contribution in [1.82, 2.24) is 10.2 Å². The normalized spacial score (nSPS) is 10.6. The molecule has 12 nitrogen and oxygen atoms in total. The molecule has 0 bridgehead atoms. The Morgan fingerprint density at radius 3 is 1.60 bits per heavy atom. The van der Waals surface area contributed by atoms with Gasteiger partial charge in [-0.1, -0.05) is 47.0 Å². The SMILES string of the molecule is Cc1ccc(NC(=O)CSc2nnc(SCC(=O)Nc3ccc(C)c([N+](=O)[O-])c3)s2)cc1[N+](=O)[O-]. The first-order valence-electron chi connectivity index (χ1n) is 9.81. The fourth-order valence-electron chi connectivity index (χ4n) is 2.73. The number of hydrogen-bond acceptors (Lipinski definition) is 11. The first kappa shape index (κ1) is 26.1. The van der Waals surface area contributed by atoms with Gasteiger partial charge in [-0.2, -0.15) is 0 Å². The summed E-state index contributed by atoms with van der Waals surface area (Å²) in [6.07, 6.45) is 0. The predicted molar refractivity (Wildman–Crippen MR) is 134 cm³/mol. The fraction of sp³-hybridized carbons (Fsp3) is 0.200. The van der Waals surface area contributed by atoms with Crippen LogP contribution in [0.5, 0.6) is 0 Å². The van der Waals surface area contributed by atoms with E-state index in [0.717, 1.165) is 23.5 Å². The van der Waals surface area contributed by atoms with E-state index in [1.165, 1.54) is 23.5 Å². The van der Waals surface area contributed by atoms with Gasteiger partial charge in [-0.3, -0.25) is 29.8 Å². The van der Waals surface area contributed by atoms with Crippen LogP contribution >= 0.6 is 34.9 Å². The summed E-state index contributed by atoms with van der Waals surface area (Å²) in [6, 6.07) is 8.90. The quantitative estimate of drug-likeness (QED) is 0.215. The van der Waals surface area contributed by atoms with Crippen LogP contribution in [0.15, 0.2) is 45.1 Å². The van der Waals surface area contributed by atoms with Crippen molar-refractivity contribution in [3.05, 3.63) is 67.8 Å². The molecule has 0 aliphatic rings. The van der Waals surface area contributed by atoms with Gasteiger partial charge in [0.15, 0.2) is 8.68 Å². The highest BCUT2D eigenvalue weighted by molar-refractivity contribution is 8.03. The van der Waals surface area contributed by atoms with E-state index < -0.39 is 9.85 Å². The van der Waals surface area contributed by atoms with Crippen molar-refractivity contribution in [2.45, 2.75) is 22.5 Å². The molecule has 35 heavy (non-hydrogen) atoms. The van der Waals surface area contributed by atoms with Gasteiger partial charge in [-0.15, -0.1) is 10.2 Å². The summed E-state index contributed by atoms with van der Waals surface area (Å²) >= 11 is 3.50. The number of carbonyl (C=O) groups excluding carboxylic acids is 2. The molecule has 1 aromatic heterocycles. The standard InChI is InChI=1S/C20H18N6O6S3/c1-11-3-5-13(7-15(11)25(29)30)21-17(27)9-33-19-23-24-20(35-19)34-10-18(28)22-14-6-4-12(2)16(8-14)26(31)32/h3-8H,9-10H2,1-2H3,(H,21,27)(H,22,28). The van der Waals surface area contributed by atoms with E-state index in [1.807, 2.05) is 0 Å². The lowest BCUT2D eigenvalue weighted by Gasteiger charge is -2.05. The van der Waals surface area contributed by atoms with E-state index in [4.69, 9.17) is 0 Å². The highest BCUT2D eigenvalue weighted by atomic mass is 32.2. The van der Waals surface area contributed by atoms with Gasteiger partial charge in [0.25, 0.3) is 11.4 Å². The molecule has 182 valence electrons. The van der Waals surface area contributed by atoms with Crippen molar-refractivity contribution < 1.29 is 19.4 Å². The van der Waals surface area contributed by atoms with E-state index in [1.54, 1.807) is 38.1 Å². The van der Waals surface area contributed by atoms with Gasteiger partial charge in [0.2, 0.25) is 11.8 Å². The third kappa shape index (κ3) is 7.46. The molecule has 0 unspecified atom stereocenters. The first-order chi connectivity index (χ1) is 16.6. The monoisotopic (exact) mass is 534 g/mol. The zero-order chi connectivity index (χ0) is 25.5. The second-order valence-corrected chi connectivity index (χ2v) is 10.4. The Labute approximate surface area is 211 Å². The minimum absolute atomic E-state index is 0.0215. The first-order valence-corrected chi connectivity index (χ1v) is 12.6. The molecule has 0 saturated heterocycles. The highest BCUT2D eigenvalue weighted by Crippen LogP contribution is 2.29. The van der Waals surface area contributed by atoms with Crippen molar-refractivity contribution in [2.24, 2.45) is 0 Å². The molecule has 2 amide bonds. The van der Waals surface area contributed by atoms with Crippen LogP contribution in [0.2, 0.25) is 0 Å². The minimum Gasteiger partial charge on any atom is -0.325 e. The maximum absolute atomic E-state index is 12.2. The fourth-order valence-corrected chi connectivity index (χ4v) is 5.35. The number of amides is 2. The summed E-state index contributed by atoms with van der Waals surface area (Å²) in [6.45, 7) is 3.23. The number of nitro benzene ring substituents is 2. The predicted octanol–water partition coefficient (Wildman–Crippen LogP) is 4.43. The number of anilines is 2. The lowest BCUT2D eigenvalue weighted by molar-refractivity contribution is -0.385. The largest absolute Gasteiger partial charge is 0.325 e. The number of nitrogens with zero attached hydrogens (tertiary/aromatic N) is 4. The Hall–Kier alpha value is -3.56. The van der Waals surface area contributed by atoms with E-state index >= 15 is 0 Å². The molecule has 0 atom stereocenters. The van der Waals surface area contributed by atoms with Gasteiger partial charge in [0.1, 0.15) is 0 Å². The number of rotatable bonds is 10. The Morgan fingerprint density at radius 2 is 1.23 bits per heavy atom. The summed E-state index contributed by atoms with van der Waals surface area (Å²) in [7, 11) is 0. The number of carbonyl (C=O) groups is 2. The molecule has 0 fully saturated rings. The minimum atomic E-state index is -0.509. The van der Waals surface area contributed by atoms with E-state index in [0.29, 0.717) is 31.2 Å². The number of benzene rings is 2. The van der Waals surface area contributed by atoms with Crippen molar-refractivity contribution >= 4 is 69.4 Å². The second kappa shape index (κ2) is 11.7. The number of nitrogens with one attached hydrogen (secondary N) is 2. The van der Waals surface area contributed by atoms with Crippen LogP contribution in [0, 0.1) is 34.1 Å². The molecule has 0 aliphatic heterocycles. The maximum Gasteiger partial charge on any atom is 0.274 e. The maximum atomic E-state index is 12.2. The van der Waals surface area contributed by atoms with Gasteiger partial charge in [-0.25, -0.2) is 0 Å². The van der Waals surface area contributed by atoms with Crippen LogP contribution in [0.25, 0.3) is 0 Å². The molecule has 0 aliphatic carbocycles. The Bertz CT molecular complexity index is 1200. The van der Waals surface area contributed by atoms with E-state index in [-0.39, 0.29) is 34.7 Å². The molecule has 3 aromatic rings. The molecule has 15 heteroatoms. The van der Waals surface area contributed by atoms with Crippen LogP contribution in [0.4, 0.5) is 22.7 Å². The van der Waals surface area contributed by atoms with Crippen LogP contribution in [-0.4, -0.2) is 43.4 Å².